The number of sulfonamides is 1. The summed E-state index contributed by atoms with van der Waals surface area (Å²) in [6.07, 6.45) is 2.86. The van der Waals surface area contributed by atoms with Crippen molar-refractivity contribution in [3.63, 3.8) is 0 Å². The summed E-state index contributed by atoms with van der Waals surface area (Å²) in [5.74, 6) is 0.402. The number of hydrogen-bond acceptors (Lipinski definition) is 7. The van der Waals surface area contributed by atoms with E-state index in [-0.39, 0.29) is 32.1 Å². The second kappa shape index (κ2) is 11.2. The second-order valence-electron chi connectivity index (χ2n) is 9.93. The number of piperazine rings is 1. The molecule has 0 spiro atoms. The van der Waals surface area contributed by atoms with Crippen LogP contribution >= 0.6 is 0 Å². The number of fused-ring (bicyclic) bond motifs is 1. The molecule has 1 aliphatic heterocycles. The van der Waals surface area contributed by atoms with Gasteiger partial charge in [0, 0.05) is 63.0 Å². The van der Waals surface area contributed by atoms with Crippen molar-refractivity contribution in [1.29, 1.82) is 0 Å². The van der Waals surface area contributed by atoms with Crippen molar-refractivity contribution < 1.29 is 22.7 Å². The van der Waals surface area contributed by atoms with Crippen LogP contribution in [-0.2, 0) is 10.0 Å². The predicted molar refractivity (Wildman–Crippen MR) is 156 cm³/mol. The van der Waals surface area contributed by atoms with Crippen molar-refractivity contribution in [2.24, 2.45) is 0 Å². The van der Waals surface area contributed by atoms with Gasteiger partial charge in [0.15, 0.2) is 5.65 Å². The molecule has 1 aliphatic rings. The fourth-order valence-corrected chi connectivity index (χ4v) is 5.60. The maximum absolute atomic E-state index is 13.2. The molecular weight excluding hydrogens is 546 g/mol. The minimum absolute atomic E-state index is 0.217. The monoisotopic (exact) mass is 577 g/mol. The van der Waals surface area contributed by atoms with E-state index in [9.17, 15) is 18.0 Å². The molecule has 0 aliphatic carbocycles. The molecule has 4 aromatic rings. The summed E-state index contributed by atoms with van der Waals surface area (Å²) in [6, 6.07) is 14.4. The van der Waals surface area contributed by atoms with Crippen LogP contribution < -0.4 is 10.1 Å². The van der Waals surface area contributed by atoms with Gasteiger partial charge in [-0.15, -0.1) is 0 Å². The number of H-pyrrole nitrogens is 1. The standard InChI is InChI=1S/C28H31N7O5S/c1-33(2)27(36)21-15-18(9-10-23(21)30-28(37)34-11-13-35(14-12-34)41(4,38)39)19-16-22-25(31-32-26(22)29-17-19)20-7-5-6-8-24(20)40-3/h5-10,15-17H,11-14H2,1-4H3,(H,30,37)(H,29,31,32). The van der Waals surface area contributed by atoms with Crippen LogP contribution in [0.3, 0.4) is 0 Å². The zero-order valence-corrected chi connectivity index (χ0v) is 24.0. The number of carbonyl (C=O) groups is 2. The average Bonchev–Trinajstić information content (AvgIpc) is 3.39. The molecule has 214 valence electrons. The minimum atomic E-state index is -3.32. The highest BCUT2D eigenvalue weighted by Crippen LogP contribution is 2.35. The van der Waals surface area contributed by atoms with Crippen LogP contribution in [0.1, 0.15) is 10.4 Å². The Morgan fingerprint density at radius 1 is 1.02 bits per heavy atom. The number of rotatable bonds is 6. The van der Waals surface area contributed by atoms with Crippen molar-refractivity contribution in [3.8, 4) is 28.1 Å². The zero-order valence-electron chi connectivity index (χ0n) is 23.2. The van der Waals surface area contributed by atoms with Gasteiger partial charge in [0.1, 0.15) is 11.4 Å². The van der Waals surface area contributed by atoms with Crippen molar-refractivity contribution in [2.45, 2.75) is 0 Å². The fraction of sp³-hybridized carbons (Fsp3) is 0.286. The van der Waals surface area contributed by atoms with Crippen molar-refractivity contribution >= 4 is 38.7 Å². The third-order valence-electron chi connectivity index (χ3n) is 7.00. The highest BCUT2D eigenvalue weighted by atomic mass is 32.2. The molecular formula is C28H31N7O5S. The van der Waals surface area contributed by atoms with Gasteiger partial charge in [0.2, 0.25) is 10.0 Å². The van der Waals surface area contributed by atoms with E-state index in [1.165, 1.54) is 14.1 Å². The lowest BCUT2D eigenvalue weighted by molar-refractivity contribution is 0.0828. The van der Waals surface area contributed by atoms with Gasteiger partial charge in [-0.05, 0) is 35.9 Å². The molecule has 3 heterocycles. The van der Waals surface area contributed by atoms with E-state index in [1.54, 1.807) is 39.5 Å². The molecule has 13 heteroatoms. The first-order valence-corrected chi connectivity index (χ1v) is 14.8. The number of anilines is 1. The Kier molecular flexibility index (Phi) is 7.65. The van der Waals surface area contributed by atoms with E-state index in [4.69, 9.17) is 4.74 Å². The molecule has 0 bridgehead atoms. The minimum Gasteiger partial charge on any atom is -0.496 e. The van der Waals surface area contributed by atoms with Gasteiger partial charge >= 0.3 is 6.03 Å². The summed E-state index contributed by atoms with van der Waals surface area (Å²) < 4.78 is 30.5. The van der Waals surface area contributed by atoms with E-state index in [1.807, 2.05) is 36.4 Å². The number of ether oxygens (including phenoxy) is 1. The molecule has 2 aromatic heterocycles. The Bertz CT molecular complexity index is 1730. The van der Waals surface area contributed by atoms with Crippen molar-refractivity contribution in [2.75, 3.05) is 59.0 Å². The lowest BCUT2D eigenvalue weighted by Crippen LogP contribution is -2.51. The number of aromatic nitrogens is 3. The van der Waals surface area contributed by atoms with Crippen LogP contribution in [0.25, 0.3) is 33.4 Å². The van der Waals surface area contributed by atoms with Crippen LogP contribution in [-0.4, -0.2) is 103 Å². The molecule has 1 fully saturated rings. The number of nitrogens with one attached hydrogen (secondary N) is 2. The Morgan fingerprint density at radius 3 is 2.44 bits per heavy atom. The zero-order chi connectivity index (χ0) is 29.3. The smallest absolute Gasteiger partial charge is 0.321 e. The number of benzene rings is 2. The van der Waals surface area contributed by atoms with E-state index in [2.05, 4.69) is 20.5 Å². The van der Waals surface area contributed by atoms with Gasteiger partial charge in [-0.1, -0.05) is 18.2 Å². The third-order valence-corrected chi connectivity index (χ3v) is 8.31. The first kappa shape index (κ1) is 28.1. The number of methoxy groups -OCH3 is 1. The number of amides is 3. The van der Waals surface area contributed by atoms with Gasteiger partial charge in [0.05, 0.1) is 24.6 Å². The van der Waals surface area contributed by atoms with Gasteiger partial charge < -0.3 is 19.9 Å². The number of para-hydroxylation sites is 1. The topological polar surface area (TPSA) is 141 Å². The number of hydrogen-bond donors (Lipinski definition) is 2. The summed E-state index contributed by atoms with van der Waals surface area (Å²) in [7, 11) is 1.58. The first-order chi connectivity index (χ1) is 19.6. The Hall–Kier alpha value is -4.49. The second-order valence-corrected chi connectivity index (χ2v) is 11.9. The summed E-state index contributed by atoms with van der Waals surface area (Å²) >= 11 is 0. The van der Waals surface area contributed by atoms with Crippen LogP contribution in [0, 0.1) is 0 Å². The summed E-state index contributed by atoms with van der Waals surface area (Å²) in [6.45, 7) is 0.932. The Morgan fingerprint density at radius 2 is 1.76 bits per heavy atom. The molecule has 0 radical (unpaired) electrons. The van der Waals surface area contributed by atoms with Crippen molar-refractivity contribution in [1.82, 2.24) is 29.3 Å². The van der Waals surface area contributed by atoms with E-state index >= 15 is 0 Å². The average molecular weight is 578 g/mol. The van der Waals surface area contributed by atoms with Crippen molar-refractivity contribution in [3.05, 3.63) is 60.3 Å². The van der Waals surface area contributed by atoms with E-state index in [0.29, 0.717) is 28.3 Å². The lowest BCUT2D eigenvalue weighted by atomic mass is 10.0. The van der Waals surface area contributed by atoms with Gasteiger partial charge in [-0.25, -0.2) is 18.2 Å². The summed E-state index contributed by atoms with van der Waals surface area (Å²) in [4.78, 5) is 33.8. The Balaban J connectivity index is 1.46. The lowest BCUT2D eigenvalue weighted by Gasteiger charge is -2.33. The molecule has 0 atom stereocenters. The molecule has 5 rings (SSSR count). The molecule has 12 nitrogen and oxygen atoms in total. The highest BCUT2D eigenvalue weighted by molar-refractivity contribution is 7.88. The first-order valence-electron chi connectivity index (χ1n) is 12.9. The number of aromatic amines is 1. The largest absolute Gasteiger partial charge is 0.496 e. The third kappa shape index (κ3) is 5.72. The number of urea groups is 1. The molecule has 2 aromatic carbocycles. The van der Waals surface area contributed by atoms with Crippen LogP contribution in [0.2, 0.25) is 0 Å². The van der Waals surface area contributed by atoms with Gasteiger partial charge in [-0.3, -0.25) is 9.89 Å². The summed E-state index contributed by atoms with van der Waals surface area (Å²) in [5.41, 5.74) is 4.28. The summed E-state index contributed by atoms with van der Waals surface area (Å²) in [5, 5.41) is 11.1. The van der Waals surface area contributed by atoms with Gasteiger partial charge in [-0.2, -0.15) is 9.40 Å². The van der Waals surface area contributed by atoms with Gasteiger partial charge in [0.25, 0.3) is 5.91 Å². The van der Waals surface area contributed by atoms with Crippen LogP contribution in [0.5, 0.6) is 5.75 Å². The number of nitrogens with zero attached hydrogens (tertiary/aromatic N) is 5. The number of carbonyl (C=O) groups excluding carboxylic acids is 2. The molecule has 2 N–H and O–H groups in total. The molecule has 1 saturated heterocycles. The normalized spacial score (nSPS) is 14.2. The quantitative estimate of drug-likeness (QED) is 0.359. The molecule has 3 amide bonds. The van der Waals surface area contributed by atoms with Crippen LogP contribution in [0.4, 0.5) is 10.5 Å². The molecule has 0 unspecified atom stereocenters. The molecule has 0 saturated carbocycles. The maximum Gasteiger partial charge on any atom is 0.321 e. The van der Waals surface area contributed by atoms with E-state index < -0.39 is 16.1 Å². The Labute approximate surface area is 238 Å². The maximum atomic E-state index is 13.2. The predicted octanol–water partition coefficient (Wildman–Crippen LogP) is 3.11. The highest BCUT2D eigenvalue weighted by Gasteiger charge is 2.27. The number of pyridine rings is 1. The van der Waals surface area contributed by atoms with E-state index in [0.717, 1.165) is 28.3 Å². The fourth-order valence-electron chi connectivity index (χ4n) is 4.77. The van der Waals surface area contributed by atoms with Crippen LogP contribution in [0.15, 0.2) is 54.7 Å². The SMILES string of the molecule is COc1ccccc1-c1n[nH]c2ncc(-c3ccc(NC(=O)N4CCN(S(C)(=O)=O)CC4)c(C(=O)N(C)C)c3)cc12. The molecule has 41 heavy (non-hydrogen) atoms.